The summed E-state index contributed by atoms with van der Waals surface area (Å²) >= 11 is 7.57. The maximum Gasteiger partial charge on any atom is 0.430 e. The molecule has 7 rings (SSSR count). The minimum Gasteiger partial charge on any atom is -0.455 e. The number of hydrogen-bond acceptors (Lipinski definition) is 9. The summed E-state index contributed by atoms with van der Waals surface area (Å²) < 4.78 is 71.8. The van der Waals surface area contributed by atoms with Crippen molar-refractivity contribution in [3.63, 3.8) is 0 Å². The molecule has 1 fully saturated rings. The number of ether oxygens (including phenoxy) is 2. The van der Waals surface area contributed by atoms with Gasteiger partial charge in [0, 0.05) is 36.3 Å². The summed E-state index contributed by atoms with van der Waals surface area (Å²) in [5, 5.41) is 5.61. The zero-order chi connectivity index (χ0) is 38.2. The zero-order valence-corrected chi connectivity index (χ0v) is 31.7. The number of aromatic nitrogens is 3. The number of halogens is 3. The maximum absolute atomic E-state index is 15.8. The predicted molar refractivity (Wildman–Crippen MR) is 202 cm³/mol. The first-order chi connectivity index (χ1) is 25.8. The van der Waals surface area contributed by atoms with E-state index in [2.05, 4.69) is 39.2 Å². The Balaban J connectivity index is 1.16. The molecular formula is C39H34ClF2N5O5S2. The molecule has 1 aliphatic rings. The molecule has 0 radical (unpaired) electrons. The van der Waals surface area contributed by atoms with E-state index in [9.17, 15) is 17.6 Å². The van der Waals surface area contributed by atoms with Gasteiger partial charge in [-0.05, 0) is 62.2 Å². The van der Waals surface area contributed by atoms with Crippen molar-refractivity contribution in [1.29, 1.82) is 0 Å². The minimum absolute atomic E-state index is 0.0253. The Hall–Kier alpha value is -5.15. The summed E-state index contributed by atoms with van der Waals surface area (Å²) in [6.45, 7) is 5.99. The van der Waals surface area contributed by atoms with Crippen molar-refractivity contribution in [3.8, 4) is 22.8 Å². The molecule has 278 valence electrons. The van der Waals surface area contributed by atoms with Crippen LogP contribution in [0, 0.1) is 11.6 Å². The van der Waals surface area contributed by atoms with Crippen LogP contribution in [0.25, 0.3) is 11.3 Å². The molecule has 1 aliphatic heterocycles. The zero-order valence-electron chi connectivity index (χ0n) is 29.3. The van der Waals surface area contributed by atoms with E-state index in [1.165, 1.54) is 29.1 Å². The molecule has 0 aliphatic carbocycles. The van der Waals surface area contributed by atoms with Crippen LogP contribution in [0.2, 0.25) is 5.02 Å². The van der Waals surface area contributed by atoms with Crippen molar-refractivity contribution in [1.82, 2.24) is 19.7 Å². The standard InChI is InChI=1S/C39H34ClF2N5O5S2/c1-39(2,3)52-38(48)47(36-23-53-24-43-36)54(49,50)35-19-30(40)34(20-31(35)42)51-33-15-14-27(41)18-29(33)32-16-17-44-46(32)28-21-45(22-28)37(25-10-6-4-7-11-25)26-12-8-5-9-13-26/h4-20,23-24,28,37H,21-22H2,1-3H3. The van der Waals surface area contributed by atoms with Gasteiger partial charge in [0.1, 0.15) is 33.6 Å². The highest BCUT2D eigenvalue weighted by Crippen LogP contribution is 2.42. The summed E-state index contributed by atoms with van der Waals surface area (Å²) in [5.74, 6) is -2.20. The number of sulfonamides is 1. The highest BCUT2D eigenvalue weighted by atomic mass is 35.5. The third kappa shape index (κ3) is 7.60. The van der Waals surface area contributed by atoms with Gasteiger partial charge in [0.25, 0.3) is 10.0 Å². The van der Waals surface area contributed by atoms with Crippen LogP contribution in [0.5, 0.6) is 11.5 Å². The molecule has 0 saturated carbocycles. The Morgan fingerprint density at radius 2 is 1.61 bits per heavy atom. The van der Waals surface area contributed by atoms with Crippen LogP contribution >= 0.6 is 22.9 Å². The summed E-state index contributed by atoms with van der Waals surface area (Å²) in [7, 11) is -4.92. The van der Waals surface area contributed by atoms with E-state index < -0.39 is 38.2 Å². The molecule has 0 bridgehead atoms. The number of anilines is 1. The quantitative estimate of drug-likeness (QED) is 0.135. The fraction of sp³-hybridized carbons (Fsp3) is 0.205. The van der Waals surface area contributed by atoms with Crippen molar-refractivity contribution in [2.45, 2.75) is 43.4 Å². The van der Waals surface area contributed by atoms with Gasteiger partial charge in [0.2, 0.25) is 0 Å². The average molecular weight is 790 g/mol. The number of likely N-dealkylation sites (tertiary alicyclic amines) is 1. The second-order valence-electron chi connectivity index (χ2n) is 13.5. The smallest absolute Gasteiger partial charge is 0.430 e. The molecule has 2 aromatic heterocycles. The highest BCUT2D eigenvalue weighted by Gasteiger charge is 2.39. The molecule has 0 spiro atoms. The van der Waals surface area contributed by atoms with Crippen LogP contribution in [-0.2, 0) is 14.8 Å². The lowest BCUT2D eigenvalue weighted by atomic mass is 9.93. The Kier molecular flexibility index (Phi) is 10.3. The molecule has 0 unspecified atom stereocenters. The van der Waals surface area contributed by atoms with Gasteiger partial charge in [0.15, 0.2) is 5.82 Å². The third-order valence-corrected chi connectivity index (χ3v) is 11.2. The van der Waals surface area contributed by atoms with Gasteiger partial charge in [-0.15, -0.1) is 15.6 Å². The number of hydrogen-bond donors (Lipinski definition) is 0. The van der Waals surface area contributed by atoms with E-state index in [4.69, 9.17) is 21.1 Å². The molecule has 10 nitrogen and oxygen atoms in total. The first-order valence-corrected chi connectivity index (χ1v) is 19.6. The summed E-state index contributed by atoms with van der Waals surface area (Å²) in [5.41, 5.74) is 3.45. The predicted octanol–water partition coefficient (Wildman–Crippen LogP) is 9.51. The van der Waals surface area contributed by atoms with Gasteiger partial charge in [-0.1, -0.05) is 72.3 Å². The van der Waals surface area contributed by atoms with E-state index in [1.54, 1.807) is 33.0 Å². The van der Waals surface area contributed by atoms with Gasteiger partial charge < -0.3 is 9.47 Å². The summed E-state index contributed by atoms with van der Waals surface area (Å²) in [6.07, 6.45) is 0.339. The number of thiazole rings is 1. The fourth-order valence-corrected chi connectivity index (χ4v) is 8.48. The van der Waals surface area contributed by atoms with Gasteiger partial charge in [0.05, 0.1) is 28.3 Å². The lowest BCUT2D eigenvalue weighted by Gasteiger charge is -2.45. The van der Waals surface area contributed by atoms with Gasteiger partial charge in [-0.25, -0.2) is 27.0 Å². The Morgan fingerprint density at radius 3 is 2.22 bits per heavy atom. The Morgan fingerprint density at radius 1 is 0.944 bits per heavy atom. The Labute approximate surface area is 320 Å². The van der Waals surface area contributed by atoms with E-state index in [0.29, 0.717) is 24.3 Å². The van der Waals surface area contributed by atoms with E-state index in [1.807, 2.05) is 41.1 Å². The van der Waals surface area contributed by atoms with Crippen molar-refractivity contribution < 1.29 is 31.5 Å². The lowest BCUT2D eigenvalue weighted by molar-refractivity contribution is 0.0608. The SMILES string of the molecule is CC(C)(C)OC(=O)N(c1cscn1)S(=O)(=O)c1cc(Cl)c(Oc2ccc(F)cc2-c2ccnn2C2CN(C(c3ccccc3)c3ccccc3)C2)cc1F. The fourth-order valence-electron chi connectivity index (χ4n) is 6.28. The molecule has 1 saturated heterocycles. The molecule has 0 atom stereocenters. The molecule has 6 aromatic rings. The van der Waals surface area contributed by atoms with E-state index in [-0.39, 0.29) is 38.7 Å². The number of rotatable bonds is 10. The van der Waals surface area contributed by atoms with E-state index in [0.717, 1.165) is 34.6 Å². The van der Waals surface area contributed by atoms with Crippen LogP contribution in [0.3, 0.4) is 0 Å². The van der Waals surface area contributed by atoms with Crippen LogP contribution in [0.1, 0.15) is 44.0 Å². The van der Waals surface area contributed by atoms with Crippen molar-refractivity contribution >= 4 is 44.9 Å². The van der Waals surface area contributed by atoms with Crippen LogP contribution in [0.15, 0.2) is 119 Å². The molecule has 54 heavy (non-hydrogen) atoms. The van der Waals surface area contributed by atoms with Crippen LogP contribution < -0.4 is 9.04 Å². The van der Waals surface area contributed by atoms with Crippen molar-refractivity contribution in [3.05, 3.63) is 142 Å². The number of amides is 1. The molecule has 3 heterocycles. The molecule has 15 heteroatoms. The second kappa shape index (κ2) is 14.9. The molecular weight excluding hydrogens is 756 g/mol. The monoisotopic (exact) mass is 789 g/mol. The normalized spacial score (nSPS) is 13.8. The first kappa shape index (κ1) is 37.2. The average Bonchev–Trinajstić information content (AvgIpc) is 3.81. The molecule has 1 amide bonds. The molecule has 4 aromatic carbocycles. The topological polar surface area (TPSA) is 107 Å². The highest BCUT2D eigenvalue weighted by molar-refractivity contribution is 7.93. The number of carbonyl (C=O) groups excluding carboxylic acids is 1. The largest absolute Gasteiger partial charge is 0.455 e. The van der Waals surface area contributed by atoms with Gasteiger partial charge in [-0.2, -0.15) is 5.10 Å². The number of nitrogens with zero attached hydrogens (tertiary/aromatic N) is 5. The number of benzene rings is 4. The minimum atomic E-state index is -4.92. The third-order valence-electron chi connectivity index (χ3n) is 8.63. The summed E-state index contributed by atoms with van der Waals surface area (Å²) in [4.78, 5) is 18.5. The van der Waals surface area contributed by atoms with Crippen LogP contribution in [-0.4, -0.2) is 52.9 Å². The van der Waals surface area contributed by atoms with Crippen molar-refractivity contribution in [2.24, 2.45) is 0 Å². The Bertz CT molecular complexity index is 2350. The molecule has 0 N–H and O–H groups in total. The maximum atomic E-state index is 15.8. The second-order valence-corrected chi connectivity index (χ2v) is 16.4. The van der Waals surface area contributed by atoms with Crippen LogP contribution in [0.4, 0.5) is 19.4 Å². The van der Waals surface area contributed by atoms with E-state index >= 15 is 4.39 Å². The van der Waals surface area contributed by atoms with Gasteiger partial charge in [-0.3, -0.25) is 9.58 Å². The lowest BCUT2D eigenvalue weighted by Crippen LogP contribution is -2.50. The summed E-state index contributed by atoms with van der Waals surface area (Å²) in [6, 6.07) is 27.7. The number of carbonyl (C=O) groups is 1. The van der Waals surface area contributed by atoms with Gasteiger partial charge >= 0.3 is 6.09 Å². The van der Waals surface area contributed by atoms with Crippen molar-refractivity contribution in [2.75, 3.05) is 17.4 Å². The first-order valence-electron chi connectivity index (χ1n) is 16.8.